The van der Waals surface area contributed by atoms with Gasteiger partial charge in [0.15, 0.2) is 0 Å². The number of hydrogen-bond donors (Lipinski definition) is 2. The number of aliphatic hydroxyl groups excluding tert-OH is 1. The smallest absolute Gasteiger partial charge is 0.142 e. The van der Waals surface area contributed by atoms with Crippen LogP contribution in [0.1, 0.15) is 17.2 Å². The molecule has 13 heavy (non-hydrogen) atoms. The summed E-state index contributed by atoms with van der Waals surface area (Å²) in [6, 6.07) is 2.69. The van der Waals surface area contributed by atoms with E-state index in [9.17, 15) is 9.50 Å². The molecule has 1 unspecified atom stereocenters. The van der Waals surface area contributed by atoms with Gasteiger partial charge in [0, 0.05) is 6.54 Å². The summed E-state index contributed by atoms with van der Waals surface area (Å²) in [5.41, 5.74) is 6.49. The first-order valence-electron chi connectivity index (χ1n) is 3.90. The van der Waals surface area contributed by atoms with E-state index >= 15 is 0 Å². The molecule has 0 aliphatic rings. The molecule has 0 radical (unpaired) electrons. The maximum Gasteiger partial charge on any atom is 0.142 e. The zero-order chi connectivity index (χ0) is 10.0. The van der Waals surface area contributed by atoms with Gasteiger partial charge < -0.3 is 10.8 Å². The van der Waals surface area contributed by atoms with Gasteiger partial charge >= 0.3 is 0 Å². The third kappa shape index (κ3) is 2.18. The monoisotopic (exact) mass is 203 g/mol. The van der Waals surface area contributed by atoms with Crippen molar-refractivity contribution < 1.29 is 9.50 Å². The SMILES string of the molecule is Cc1cc(Cl)c(F)cc1C(O)CN. The minimum atomic E-state index is -0.827. The second-order valence-electron chi connectivity index (χ2n) is 2.87. The van der Waals surface area contributed by atoms with E-state index in [-0.39, 0.29) is 11.6 Å². The molecule has 0 aromatic heterocycles. The van der Waals surface area contributed by atoms with Crippen LogP contribution in [0, 0.1) is 12.7 Å². The lowest BCUT2D eigenvalue weighted by Crippen LogP contribution is -2.13. The number of benzene rings is 1. The van der Waals surface area contributed by atoms with Crippen LogP contribution >= 0.6 is 11.6 Å². The van der Waals surface area contributed by atoms with Gasteiger partial charge in [-0.3, -0.25) is 0 Å². The molecule has 1 atom stereocenters. The number of aliphatic hydroxyl groups is 1. The highest BCUT2D eigenvalue weighted by atomic mass is 35.5. The van der Waals surface area contributed by atoms with Crippen LogP contribution in [0.25, 0.3) is 0 Å². The molecule has 0 fully saturated rings. The van der Waals surface area contributed by atoms with Gasteiger partial charge in [-0.2, -0.15) is 0 Å². The largest absolute Gasteiger partial charge is 0.387 e. The fourth-order valence-corrected chi connectivity index (χ4v) is 1.37. The number of halogens is 2. The quantitative estimate of drug-likeness (QED) is 0.770. The molecular formula is C9H11ClFNO. The summed E-state index contributed by atoms with van der Waals surface area (Å²) in [7, 11) is 0. The van der Waals surface area contributed by atoms with Gasteiger partial charge in [0.25, 0.3) is 0 Å². The molecule has 0 heterocycles. The average molecular weight is 204 g/mol. The average Bonchev–Trinajstić information content (AvgIpc) is 2.10. The molecule has 0 aliphatic carbocycles. The van der Waals surface area contributed by atoms with E-state index in [4.69, 9.17) is 17.3 Å². The lowest BCUT2D eigenvalue weighted by Gasteiger charge is -2.11. The molecule has 4 heteroatoms. The molecule has 0 amide bonds. The molecule has 1 rings (SSSR count). The van der Waals surface area contributed by atoms with Gasteiger partial charge in [0.2, 0.25) is 0 Å². The van der Waals surface area contributed by atoms with Crippen molar-refractivity contribution >= 4 is 11.6 Å². The summed E-state index contributed by atoms with van der Waals surface area (Å²) in [5, 5.41) is 9.45. The molecule has 1 aromatic carbocycles. The van der Waals surface area contributed by atoms with E-state index in [0.29, 0.717) is 5.56 Å². The van der Waals surface area contributed by atoms with Gasteiger partial charge in [-0.1, -0.05) is 11.6 Å². The third-order valence-corrected chi connectivity index (χ3v) is 2.18. The van der Waals surface area contributed by atoms with Crippen molar-refractivity contribution in [2.75, 3.05) is 6.54 Å². The summed E-state index contributed by atoms with van der Waals surface area (Å²) >= 11 is 5.55. The zero-order valence-corrected chi connectivity index (χ0v) is 7.98. The first kappa shape index (κ1) is 10.4. The Morgan fingerprint density at radius 1 is 1.62 bits per heavy atom. The summed E-state index contributed by atoms with van der Waals surface area (Å²) in [6.45, 7) is 1.82. The Hall–Kier alpha value is -0.640. The number of hydrogen-bond acceptors (Lipinski definition) is 2. The standard InChI is InChI=1S/C9H11ClFNO/c1-5-2-7(10)8(11)3-6(5)9(13)4-12/h2-3,9,13H,4,12H2,1H3. The predicted octanol–water partition coefficient (Wildman–Crippen LogP) is 1.78. The van der Waals surface area contributed by atoms with Crippen molar-refractivity contribution in [3.05, 3.63) is 34.1 Å². The van der Waals surface area contributed by atoms with Crippen LogP contribution in [0.5, 0.6) is 0 Å². The van der Waals surface area contributed by atoms with Gasteiger partial charge in [-0.25, -0.2) is 4.39 Å². The molecule has 1 aromatic rings. The highest BCUT2D eigenvalue weighted by Crippen LogP contribution is 2.23. The summed E-state index contributed by atoms with van der Waals surface area (Å²) in [5.74, 6) is -0.533. The molecule has 0 aliphatic heterocycles. The van der Waals surface area contributed by atoms with E-state index in [2.05, 4.69) is 0 Å². The van der Waals surface area contributed by atoms with E-state index in [0.717, 1.165) is 5.56 Å². The van der Waals surface area contributed by atoms with Crippen LogP contribution in [0.2, 0.25) is 5.02 Å². The predicted molar refractivity (Wildman–Crippen MR) is 50.2 cm³/mol. The lowest BCUT2D eigenvalue weighted by atomic mass is 10.0. The first-order chi connectivity index (χ1) is 6.06. The fourth-order valence-electron chi connectivity index (χ4n) is 1.15. The maximum absolute atomic E-state index is 13.0. The minimum Gasteiger partial charge on any atom is -0.387 e. The summed E-state index contributed by atoms with van der Waals surface area (Å²) in [4.78, 5) is 0. The molecule has 72 valence electrons. The molecular weight excluding hydrogens is 193 g/mol. The van der Waals surface area contributed by atoms with E-state index in [1.807, 2.05) is 0 Å². The van der Waals surface area contributed by atoms with Gasteiger partial charge in [-0.15, -0.1) is 0 Å². The van der Waals surface area contributed by atoms with Crippen molar-refractivity contribution in [1.29, 1.82) is 0 Å². The van der Waals surface area contributed by atoms with Gasteiger partial charge in [0.1, 0.15) is 5.82 Å². The molecule has 0 spiro atoms. The van der Waals surface area contributed by atoms with Crippen LogP contribution in [0.3, 0.4) is 0 Å². The Balaban J connectivity index is 3.15. The van der Waals surface area contributed by atoms with Crippen molar-refractivity contribution in [1.82, 2.24) is 0 Å². The Bertz CT molecular complexity index is 317. The Morgan fingerprint density at radius 3 is 2.77 bits per heavy atom. The number of aryl methyl sites for hydroxylation is 1. The van der Waals surface area contributed by atoms with Crippen LogP contribution in [0.15, 0.2) is 12.1 Å². The summed E-state index contributed by atoms with van der Waals surface area (Å²) < 4.78 is 13.0. The Labute approximate surface area is 81.1 Å². The lowest BCUT2D eigenvalue weighted by molar-refractivity contribution is 0.185. The first-order valence-corrected chi connectivity index (χ1v) is 4.27. The van der Waals surface area contributed by atoms with Crippen LogP contribution in [-0.2, 0) is 0 Å². The highest BCUT2D eigenvalue weighted by molar-refractivity contribution is 6.30. The van der Waals surface area contributed by atoms with Crippen LogP contribution in [0.4, 0.5) is 4.39 Å². The molecule has 0 bridgehead atoms. The highest BCUT2D eigenvalue weighted by Gasteiger charge is 2.11. The second-order valence-corrected chi connectivity index (χ2v) is 3.28. The van der Waals surface area contributed by atoms with E-state index in [1.165, 1.54) is 12.1 Å². The van der Waals surface area contributed by atoms with E-state index < -0.39 is 11.9 Å². The van der Waals surface area contributed by atoms with Crippen molar-refractivity contribution in [3.8, 4) is 0 Å². The summed E-state index contributed by atoms with van der Waals surface area (Å²) in [6.07, 6.45) is -0.827. The van der Waals surface area contributed by atoms with Crippen LogP contribution < -0.4 is 5.73 Å². The van der Waals surface area contributed by atoms with Gasteiger partial charge in [-0.05, 0) is 30.2 Å². The van der Waals surface area contributed by atoms with Crippen LogP contribution in [-0.4, -0.2) is 11.7 Å². The molecule has 0 saturated carbocycles. The third-order valence-electron chi connectivity index (χ3n) is 1.89. The number of rotatable bonds is 2. The Morgan fingerprint density at radius 2 is 2.23 bits per heavy atom. The number of nitrogens with two attached hydrogens (primary N) is 1. The minimum absolute atomic E-state index is 0.0606. The topological polar surface area (TPSA) is 46.2 Å². The van der Waals surface area contributed by atoms with Crippen molar-refractivity contribution in [2.24, 2.45) is 5.73 Å². The second kappa shape index (κ2) is 4.05. The fraction of sp³-hybridized carbons (Fsp3) is 0.333. The normalized spacial score (nSPS) is 13.0. The van der Waals surface area contributed by atoms with E-state index in [1.54, 1.807) is 6.92 Å². The molecule has 2 nitrogen and oxygen atoms in total. The van der Waals surface area contributed by atoms with Crippen molar-refractivity contribution in [2.45, 2.75) is 13.0 Å². The Kier molecular flexibility index (Phi) is 3.25. The van der Waals surface area contributed by atoms with Gasteiger partial charge in [0.05, 0.1) is 11.1 Å². The zero-order valence-electron chi connectivity index (χ0n) is 7.22. The molecule has 0 saturated heterocycles. The maximum atomic E-state index is 13.0. The molecule has 3 N–H and O–H groups in total. The van der Waals surface area contributed by atoms with Crippen molar-refractivity contribution in [3.63, 3.8) is 0 Å².